The summed E-state index contributed by atoms with van der Waals surface area (Å²) in [5.41, 5.74) is 1.71. The van der Waals surface area contributed by atoms with Crippen LogP contribution >= 0.6 is 0 Å². The van der Waals surface area contributed by atoms with Gasteiger partial charge in [0.2, 0.25) is 11.9 Å². The lowest BCUT2D eigenvalue weighted by Gasteiger charge is -2.17. The molecule has 1 unspecified atom stereocenters. The second-order valence-corrected chi connectivity index (χ2v) is 6.83. The predicted octanol–water partition coefficient (Wildman–Crippen LogP) is 2.57. The molecule has 3 aromatic rings. The van der Waals surface area contributed by atoms with Gasteiger partial charge < -0.3 is 10.2 Å². The van der Waals surface area contributed by atoms with Crippen LogP contribution in [0.15, 0.2) is 59.4 Å². The van der Waals surface area contributed by atoms with E-state index >= 15 is 0 Å². The maximum absolute atomic E-state index is 12.6. The highest BCUT2D eigenvalue weighted by molar-refractivity contribution is 5.86. The molecule has 1 aliphatic heterocycles. The molecule has 1 amide bonds. The molecule has 2 heterocycles. The van der Waals surface area contributed by atoms with Crippen LogP contribution in [0.1, 0.15) is 18.4 Å². The Morgan fingerprint density at radius 3 is 2.70 bits per heavy atom. The Labute approximate surface area is 157 Å². The molecule has 0 saturated carbocycles. The summed E-state index contributed by atoms with van der Waals surface area (Å²) in [6, 6.07) is 17.1. The van der Waals surface area contributed by atoms with E-state index in [4.69, 9.17) is 0 Å². The highest BCUT2D eigenvalue weighted by Crippen LogP contribution is 2.17. The number of nitrogens with zero attached hydrogens (tertiary/aromatic N) is 2. The van der Waals surface area contributed by atoms with Crippen molar-refractivity contribution in [3.05, 3.63) is 70.5 Å². The van der Waals surface area contributed by atoms with Crippen molar-refractivity contribution >= 4 is 22.8 Å². The van der Waals surface area contributed by atoms with Crippen molar-refractivity contribution in [2.24, 2.45) is 0 Å². The third kappa shape index (κ3) is 3.84. The minimum atomic E-state index is -0.342. The molecule has 1 fully saturated rings. The summed E-state index contributed by atoms with van der Waals surface area (Å²) in [7, 11) is 0. The zero-order chi connectivity index (χ0) is 18.6. The van der Waals surface area contributed by atoms with Gasteiger partial charge in [0.1, 0.15) is 6.04 Å². The predicted molar refractivity (Wildman–Crippen MR) is 106 cm³/mol. The number of amides is 1. The molecule has 2 N–H and O–H groups in total. The van der Waals surface area contributed by atoms with Gasteiger partial charge in [-0.3, -0.25) is 14.6 Å². The molecule has 1 aromatic heterocycles. The monoisotopic (exact) mass is 362 g/mol. The average molecular weight is 362 g/mol. The molecule has 0 radical (unpaired) electrons. The van der Waals surface area contributed by atoms with Crippen molar-refractivity contribution in [3.63, 3.8) is 0 Å². The molecule has 1 atom stereocenters. The number of aromatic amines is 1. The fourth-order valence-electron chi connectivity index (χ4n) is 3.53. The van der Waals surface area contributed by atoms with E-state index < -0.39 is 0 Å². The van der Waals surface area contributed by atoms with Crippen molar-refractivity contribution in [1.82, 2.24) is 14.9 Å². The Balaban J connectivity index is 1.37. The average Bonchev–Trinajstić information content (AvgIpc) is 3.03. The van der Waals surface area contributed by atoms with Gasteiger partial charge in [-0.15, -0.1) is 0 Å². The van der Waals surface area contributed by atoms with Crippen LogP contribution in [-0.4, -0.2) is 39.9 Å². The first kappa shape index (κ1) is 17.3. The number of aromatic nitrogens is 2. The van der Waals surface area contributed by atoms with Crippen molar-refractivity contribution in [3.8, 4) is 0 Å². The summed E-state index contributed by atoms with van der Waals surface area (Å²) in [4.78, 5) is 33.8. The van der Waals surface area contributed by atoms with Gasteiger partial charge in [-0.1, -0.05) is 42.5 Å². The summed E-state index contributed by atoms with van der Waals surface area (Å²) >= 11 is 0. The van der Waals surface area contributed by atoms with E-state index in [1.54, 1.807) is 18.2 Å². The molecule has 138 valence electrons. The molecular weight excluding hydrogens is 340 g/mol. The van der Waals surface area contributed by atoms with Crippen LogP contribution < -0.4 is 10.9 Å². The summed E-state index contributed by atoms with van der Waals surface area (Å²) in [6.07, 6.45) is 2.61. The molecule has 27 heavy (non-hydrogen) atoms. The van der Waals surface area contributed by atoms with E-state index in [1.807, 2.05) is 29.2 Å². The lowest BCUT2D eigenvalue weighted by Crippen LogP contribution is -2.35. The van der Waals surface area contributed by atoms with Gasteiger partial charge in [0, 0.05) is 13.1 Å². The zero-order valence-electron chi connectivity index (χ0n) is 15.0. The van der Waals surface area contributed by atoms with E-state index in [1.165, 1.54) is 5.56 Å². The van der Waals surface area contributed by atoms with Crippen LogP contribution in [0, 0.1) is 0 Å². The minimum absolute atomic E-state index is 0.0684. The van der Waals surface area contributed by atoms with E-state index in [-0.39, 0.29) is 17.5 Å². The Morgan fingerprint density at radius 1 is 1.07 bits per heavy atom. The van der Waals surface area contributed by atoms with E-state index in [9.17, 15) is 9.59 Å². The number of para-hydroxylation sites is 1. The minimum Gasteiger partial charge on any atom is -0.344 e. The first-order chi connectivity index (χ1) is 13.2. The number of carbonyl (C=O) groups is 1. The molecule has 0 spiro atoms. The smallest absolute Gasteiger partial charge is 0.260 e. The van der Waals surface area contributed by atoms with Crippen LogP contribution in [0.2, 0.25) is 0 Å². The molecule has 6 nitrogen and oxygen atoms in total. The highest BCUT2D eigenvalue weighted by Gasteiger charge is 2.31. The topological polar surface area (TPSA) is 78.1 Å². The molecule has 1 saturated heterocycles. The van der Waals surface area contributed by atoms with Gasteiger partial charge in [0.25, 0.3) is 5.56 Å². The Kier molecular flexibility index (Phi) is 4.87. The number of anilines is 1. The van der Waals surface area contributed by atoms with E-state index in [2.05, 4.69) is 27.4 Å². The quantitative estimate of drug-likeness (QED) is 0.706. The number of aryl methyl sites for hydroxylation is 1. The molecular formula is C21H22N4O2. The fourth-order valence-corrected chi connectivity index (χ4v) is 3.53. The van der Waals surface area contributed by atoms with Crippen LogP contribution in [0.5, 0.6) is 0 Å². The van der Waals surface area contributed by atoms with Gasteiger partial charge in [0.05, 0.1) is 10.9 Å². The number of hydrogen-bond donors (Lipinski definition) is 2. The van der Waals surface area contributed by atoms with Crippen LogP contribution in [-0.2, 0) is 11.2 Å². The zero-order valence-corrected chi connectivity index (χ0v) is 15.0. The number of hydrogen-bond acceptors (Lipinski definition) is 4. The van der Waals surface area contributed by atoms with Crippen molar-refractivity contribution in [2.75, 3.05) is 18.4 Å². The van der Waals surface area contributed by atoms with Crippen molar-refractivity contribution < 1.29 is 4.79 Å². The third-order valence-electron chi connectivity index (χ3n) is 4.96. The molecule has 0 bridgehead atoms. The summed E-state index contributed by atoms with van der Waals surface area (Å²) in [5, 5.41) is 3.65. The Morgan fingerprint density at radius 2 is 1.85 bits per heavy atom. The van der Waals surface area contributed by atoms with Crippen molar-refractivity contribution in [1.29, 1.82) is 0 Å². The standard InChI is InChI=1S/C21H22N4O2/c26-19-16-10-4-5-11-17(16)22-21(24-19)23-18-12-14-25(20(18)27)13-6-9-15-7-2-1-3-8-15/h1-5,7-8,10-11,18H,6,9,12-14H2,(H2,22,23,24,26). The lowest BCUT2D eigenvalue weighted by molar-refractivity contribution is -0.128. The van der Waals surface area contributed by atoms with Crippen LogP contribution in [0.25, 0.3) is 10.9 Å². The van der Waals surface area contributed by atoms with E-state index in [0.29, 0.717) is 23.3 Å². The first-order valence-electron chi connectivity index (χ1n) is 9.29. The van der Waals surface area contributed by atoms with Crippen LogP contribution in [0.3, 0.4) is 0 Å². The Bertz CT molecular complexity index is 1000. The maximum atomic E-state index is 12.6. The number of likely N-dealkylation sites (tertiary alicyclic amines) is 1. The Hall–Kier alpha value is -3.15. The SMILES string of the molecule is O=C1C(Nc2nc3ccccc3c(=O)[nH]2)CCN1CCCc1ccccc1. The second kappa shape index (κ2) is 7.61. The number of rotatable bonds is 6. The van der Waals surface area contributed by atoms with Crippen molar-refractivity contribution in [2.45, 2.75) is 25.3 Å². The van der Waals surface area contributed by atoms with Gasteiger partial charge in [-0.05, 0) is 37.0 Å². The molecule has 0 aliphatic carbocycles. The summed E-state index contributed by atoms with van der Waals surface area (Å²) in [6.45, 7) is 1.47. The first-order valence-corrected chi connectivity index (χ1v) is 9.29. The number of benzene rings is 2. The largest absolute Gasteiger partial charge is 0.344 e. The maximum Gasteiger partial charge on any atom is 0.260 e. The molecule has 4 rings (SSSR count). The number of carbonyl (C=O) groups excluding carboxylic acids is 1. The van der Waals surface area contributed by atoms with Crippen LogP contribution in [0.4, 0.5) is 5.95 Å². The van der Waals surface area contributed by atoms with Gasteiger partial charge in [-0.25, -0.2) is 4.98 Å². The van der Waals surface area contributed by atoms with Gasteiger partial charge in [0.15, 0.2) is 0 Å². The van der Waals surface area contributed by atoms with E-state index in [0.717, 1.165) is 25.9 Å². The van der Waals surface area contributed by atoms with Gasteiger partial charge >= 0.3 is 0 Å². The molecule has 6 heteroatoms. The third-order valence-corrected chi connectivity index (χ3v) is 4.96. The second-order valence-electron chi connectivity index (χ2n) is 6.83. The highest BCUT2D eigenvalue weighted by atomic mass is 16.2. The number of nitrogens with one attached hydrogen (secondary N) is 2. The number of H-pyrrole nitrogens is 1. The molecule has 2 aromatic carbocycles. The normalized spacial score (nSPS) is 16.8. The lowest BCUT2D eigenvalue weighted by atomic mass is 10.1. The summed E-state index contributed by atoms with van der Waals surface area (Å²) < 4.78 is 0. The molecule has 1 aliphatic rings. The fraction of sp³-hybridized carbons (Fsp3) is 0.286. The summed E-state index contributed by atoms with van der Waals surface area (Å²) in [5.74, 6) is 0.419. The van der Waals surface area contributed by atoms with Gasteiger partial charge in [-0.2, -0.15) is 0 Å². The number of fused-ring (bicyclic) bond motifs is 1.